The molecule has 1 aromatic carbocycles. The van der Waals surface area contributed by atoms with Crippen LogP contribution in [0.4, 0.5) is 0 Å². The number of likely N-dealkylation sites (tertiary alicyclic amines) is 1. The molecule has 0 spiro atoms. The summed E-state index contributed by atoms with van der Waals surface area (Å²) in [4.78, 5) is 19.1. The number of imidazole rings is 1. The van der Waals surface area contributed by atoms with Gasteiger partial charge in [0.25, 0.3) is 5.91 Å². The molecule has 0 atom stereocenters. The Morgan fingerprint density at radius 3 is 2.86 bits per heavy atom. The molecule has 0 saturated carbocycles. The van der Waals surface area contributed by atoms with E-state index in [2.05, 4.69) is 25.0 Å². The molecule has 1 amide bonds. The van der Waals surface area contributed by atoms with E-state index in [0.29, 0.717) is 36.9 Å². The van der Waals surface area contributed by atoms with E-state index in [-0.39, 0.29) is 5.91 Å². The van der Waals surface area contributed by atoms with Crippen molar-refractivity contribution in [2.45, 2.75) is 32.4 Å². The zero-order chi connectivity index (χ0) is 19.8. The Hall–Kier alpha value is -3.49. The van der Waals surface area contributed by atoms with Gasteiger partial charge in [-0.15, -0.1) is 5.10 Å². The summed E-state index contributed by atoms with van der Waals surface area (Å²) < 4.78 is 8.91. The van der Waals surface area contributed by atoms with Crippen molar-refractivity contribution >= 4 is 16.9 Å². The summed E-state index contributed by atoms with van der Waals surface area (Å²) in [6, 6.07) is 7.92. The molecule has 0 aliphatic carbocycles. The maximum absolute atomic E-state index is 12.7. The fourth-order valence-electron chi connectivity index (χ4n) is 3.98. The van der Waals surface area contributed by atoms with E-state index in [0.717, 1.165) is 29.7 Å². The van der Waals surface area contributed by atoms with Crippen LogP contribution < -0.4 is 0 Å². The van der Waals surface area contributed by atoms with Gasteiger partial charge >= 0.3 is 0 Å². The lowest BCUT2D eigenvalue weighted by Crippen LogP contribution is -2.38. The third-order valence-electron chi connectivity index (χ3n) is 5.58. The van der Waals surface area contributed by atoms with Crippen molar-refractivity contribution in [2.75, 3.05) is 13.1 Å². The quantitative estimate of drug-likeness (QED) is 0.530. The predicted octanol–water partition coefficient (Wildman–Crippen LogP) is 2.45. The van der Waals surface area contributed by atoms with Gasteiger partial charge in [-0.1, -0.05) is 22.5 Å². The first-order valence-electron chi connectivity index (χ1n) is 9.70. The van der Waals surface area contributed by atoms with E-state index in [1.165, 1.54) is 6.26 Å². The molecule has 0 radical (unpaired) electrons. The SMILES string of the molecule is Cc1nocc1C(=O)N1CCC(c2nccn2Cn2nnc3ccccc32)CC1. The number of para-hydroxylation sites is 1. The topological polar surface area (TPSA) is 94.9 Å². The van der Waals surface area contributed by atoms with E-state index >= 15 is 0 Å². The molecule has 4 aromatic rings. The smallest absolute Gasteiger partial charge is 0.259 e. The van der Waals surface area contributed by atoms with E-state index < -0.39 is 0 Å². The number of aryl methyl sites for hydroxylation is 1. The Kier molecular flexibility index (Phi) is 4.34. The lowest BCUT2D eigenvalue weighted by atomic mass is 9.95. The fraction of sp³-hybridized carbons (Fsp3) is 0.350. The monoisotopic (exact) mass is 391 g/mol. The van der Waals surface area contributed by atoms with Gasteiger partial charge in [0.1, 0.15) is 29.8 Å². The summed E-state index contributed by atoms with van der Waals surface area (Å²) in [5.41, 5.74) is 3.05. The third-order valence-corrected chi connectivity index (χ3v) is 5.58. The maximum atomic E-state index is 12.7. The Balaban J connectivity index is 1.29. The Labute approximate surface area is 166 Å². The zero-order valence-electron chi connectivity index (χ0n) is 16.1. The summed E-state index contributed by atoms with van der Waals surface area (Å²) in [5, 5.41) is 12.3. The molecular weight excluding hydrogens is 370 g/mol. The molecule has 9 heteroatoms. The molecule has 3 aromatic heterocycles. The lowest BCUT2D eigenvalue weighted by Gasteiger charge is -2.31. The highest BCUT2D eigenvalue weighted by Gasteiger charge is 2.28. The Bertz CT molecular complexity index is 1150. The van der Waals surface area contributed by atoms with Gasteiger partial charge in [0, 0.05) is 31.4 Å². The number of amides is 1. The number of piperidine rings is 1. The van der Waals surface area contributed by atoms with E-state index in [1.54, 1.807) is 6.92 Å². The minimum Gasteiger partial charge on any atom is -0.364 e. The number of hydrogen-bond acceptors (Lipinski definition) is 6. The molecule has 0 unspecified atom stereocenters. The maximum Gasteiger partial charge on any atom is 0.259 e. The number of hydrogen-bond donors (Lipinski definition) is 0. The first kappa shape index (κ1) is 17.6. The van der Waals surface area contributed by atoms with Crippen molar-refractivity contribution in [3.8, 4) is 0 Å². The van der Waals surface area contributed by atoms with Crippen LogP contribution in [-0.2, 0) is 6.67 Å². The third kappa shape index (κ3) is 3.18. The van der Waals surface area contributed by atoms with Crippen molar-refractivity contribution in [3.05, 3.63) is 60.0 Å². The molecular formula is C20H21N7O2. The van der Waals surface area contributed by atoms with Gasteiger partial charge in [-0.3, -0.25) is 4.79 Å². The minimum atomic E-state index is -0.0142. The van der Waals surface area contributed by atoms with Crippen LogP contribution in [0.1, 0.15) is 40.6 Å². The van der Waals surface area contributed by atoms with Gasteiger partial charge in [-0.05, 0) is 31.9 Å². The van der Waals surface area contributed by atoms with Crippen LogP contribution >= 0.6 is 0 Å². The average molecular weight is 391 g/mol. The first-order valence-corrected chi connectivity index (χ1v) is 9.70. The minimum absolute atomic E-state index is 0.0142. The molecule has 5 rings (SSSR count). The van der Waals surface area contributed by atoms with Crippen LogP contribution in [0.2, 0.25) is 0 Å². The van der Waals surface area contributed by atoms with Gasteiger partial charge in [0.15, 0.2) is 0 Å². The Morgan fingerprint density at radius 1 is 1.24 bits per heavy atom. The molecule has 0 bridgehead atoms. The second kappa shape index (κ2) is 7.16. The first-order chi connectivity index (χ1) is 14.2. The van der Waals surface area contributed by atoms with Gasteiger partial charge in [0.2, 0.25) is 0 Å². The molecule has 0 N–H and O–H groups in total. The van der Waals surface area contributed by atoms with Crippen molar-refractivity contribution in [1.29, 1.82) is 0 Å². The summed E-state index contributed by atoms with van der Waals surface area (Å²) in [6.45, 7) is 3.73. The highest BCUT2D eigenvalue weighted by atomic mass is 16.5. The number of rotatable bonds is 4. The van der Waals surface area contributed by atoms with Crippen molar-refractivity contribution in [2.24, 2.45) is 0 Å². The van der Waals surface area contributed by atoms with Crippen molar-refractivity contribution in [3.63, 3.8) is 0 Å². The fourth-order valence-corrected chi connectivity index (χ4v) is 3.98. The highest BCUT2D eigenvalue weighted by molar-refractivity contribution is 5.94. The van der Waals surface area contributed by atoms with Gasteiger partial charge in [-0.2, -0.15) is 0 Å². The van der Waals surface area contributed by atoms with E-state index in [4.69, 9.17) is 4.52 Å². The molecule has 29 heavy (non-hydrogen) atoms. The van der Waals surface area contributed by atoms with Crippen LogP contribution in [0, 0.1) is 6.92 Å². The zero-order valence-corrected chi connectivity index (χ0v) is 16.1. The number of carbonyl (C=O) groups excluding carboxylic acids is 1. The van der Waals surface area contributed by atoms with Crippen LogP contribution in [0.25, 0.3) is 11.0 Å². The van der Waals surface area contributed by atoms with Crippen LogP contribution in [0.5, 0.6) is 0 Å². The van der Waals surface area contributed by atoms with Gasteiger partial charge in [-0.25, -0.2) is 9.67 Å². The van der Waals surface area contributed by atoms with E-state index in [9.17, 15) is 4.79 Å². The molecule has 148 valence electrons. The summed E-state index contributed by atoms with van der Waals surface area (Å²) in [5.74, 6) is 1.31. The normalized spacial score (nSPS) is 15.3. The van der Waals surface area contributed by atoms with Gasteiger partial charge < -0.3 is 14.0 Å². The number of carbonyl (C=O) groups is 1. The molecule has 9 nitrogen and oxygen atoms in total. The van der Waals surface area contributed by atoms with E-state index in [1.807, 2.05) is 46.2 Å². The number of nitrogens with zero attached hydrogens (tertiary/aromatic N) is 7. The van der Waals surface area contributed by atoms with Crippen molar-refractivity contribution in [1.82, 2.24) is 34.6 Å². The number of fused-ring (bicyclic) bond motifs is 1. The van der Waals surface area contributed by atoms with Gasteiger partial charge in [0.05, 0.1) is 11.2 Å². The molecule has 1 aliphatic heterocycles. The molecule has 1 aliphatic rings. The molecule has 1 fully saturated rings. The number of benzene rings is 1. The highest BCUT2D eigenvalue weighted by Crippen LogP contribution is 2.28. The summed E-state index contributed by atoms with van der Waals surface area (Å²) in [7, 11) is 0. The summed E-state index contributed by atoms with van der Waals surface area (Å²) >= 11 is 0. The molecule has 4 heterocycles. The number of aromatic nitrogens is 6. The second-order valence-corrected chi connectivity index (χ2v) is 7.35. The predicted molar refractivity (Wildman–Crippen MR) is 104 cm³/mol. The Morgan fingerprint density at radius 2 is 2.07 bits per heavy atom. The van der Waals surface area contributed by atoms with Crippen molar-refractivity contribution < 1.29 is 9.32 Å². The average Bonchev–Trinajstić information content (AvgIpc) is 3.49. The molecule has 1 saturated heterocycles. The largest absolute Gasteiger partial charge is 0.364 e. The second-order valence-electron chi connectivity index (χ2n) is 7.35. The standard InChI is InChI=1S/C20H21N7O2/c1-14-16(12-29-23-14)20(28)25-9-6-15(7-10-25)19-21-8-11-26(19)13-27-18-5-3-2-4-17(18)22-24-27/h2-5,8,11-12,15H,6-7,9-10,13H2,1H3. The van der Waals surface area contributed by atoms with Crippen LogP contribution in [0.3, 0.4) is 0 Å². The lowest BCUT2D eigenvalue weighted by molar-refractivity contribution is 0.0709. The summed E-state index contributed by atoms with van der Waals surface area (Å²) in [6.07, 6.45) is 6.96. The van der Waals surface area contributed by atoms with Crippen LogP contribution in [-0.4, -0.2) is 53.6 Å². The van der Waals surface area contributed by atoms with Crippen LogP contribution in [0.15, 0.2) is 47.4 Å².